The summed E-state index contributed by atoms with van der Waals surface area (Å²) in [5.41, 5.74) is 0. The molecule has 1 saturated heterocycles. The summed E-state index contributed by atoms with van der Waals surface area (Å²) in [7, 11) is 0. The van der Waals surface area contributed by atoms with Crippen LogP contribution in [-0.4, -0.2) is 28.0 Å². The first-order valence-corrected chi connectivity index (χ1v) is 8.55. The number of likely N-dealkylation sites (tertiary alicyclic amines) is 1. The Morgan fingerprint density at radius 2 is 2.00 bits per heavy atom. The van der Waals surface area contributed by atoms with Crippen LogP contribution in [0.5, 0.6) is 0 Å². The quantitative estimate of drug-likeness (QED) is 0.677. The second kappa shape index (κ2) is 7.62. The average molecular weight is 292 g/mol. The van der Waals surface area contributed by atoms with E-state index in [0.717, 1.165) is 51.6 Å². The van der Waals surface area contributed by atoms with Crippen molar-refractivity contribution < 1.29 is 9.36 Å². The van der Waals surface area contributed by atoms with Crippen LogP contribution < -0.4 is 4.57 Å². The number of rotatable bonds is 8. The molecule has 1 aromatic rings. The Bertz CT molecular complexity index is 455. The number of nitrogens with zero attached hydrogens (tertiary/aromatic N) is 3. The predicted molar refractivity (Wildman–Crippen MR) is 83.9 cm³/mol. The Labute approximate surface area is 128 Å². The Morgan fingerprint density at radius 1 is 1.24 bits per heavy atom. The highest BCUT2D eigenvalue weighted by Gasteiger charge is 2.30. The van der Waals surface area contributed by atoms with Gasteiger partial charge in [0.05, 0.1) is 6.54 Å². The third-order valence-corrected chi connectivity index (χ3v) is 4.65. The Kier molecular flexibility index (Phi) is 5.83. The number of aromatic nitrogens is 2. The normalized spacial score (nSPS) is 18.2. The molecule has 118 valence electrons. The van der Waals surface area contributed by atoms with Crippen molar-refractivity contribution in [3.05, 3.63) is 18.7 Å². The fraction of sp³-hybridized carbons (Fsp3) is 0.765. The Balaban J connectivity index is 2.03. The van der Waals surface area contributed by atoms with E-state index >= 15 is 0 Å². The van der Waals surface area contributed by atoms with Gasteiger partial charge in [-0.25, -0.2) is 9.13 Å². The van der Waals surface area contributed by atoms with E-state index in [9.17, 15) is 4.79 Å². The maximum Gasteiger partial charge on any atom is 0.243 e. The minimum Gasteiger partial charge on any atom is -0.340 e. The first-order valence-electron chi connectivity index (χ1n) is 8.55. The van der Waals surface area contributed by atoms with E-state index in [4.69, 9.17) is 0 Å². The highest BCUT2D eigenvalue weighted by atomic mass is 16.2. The summed E-state index contributed by atoms with van der Waals surface area (Å²) < 4.78 is 4.59. The van der Waals surface area contributed by atoms with Gasteiger partial charge in [0.25, 0.3) is 0 Å². The van der Waals surface area contributed by atoms with Crippen LogP contribution >= 0.6 is 0 Å². The SMILES string of the molecule is CCC[n+]1ccn(C(CC)CC(CC)N2CCCC2=O)c1. The molecule has 2 rings (SSSR count). The molecule has 0 N–H and O–H groups in total. The molecule has 0 aliphatic carbocycles. The second-order valence-electron chi connectivity index (χ2n) is 6.15. The van der Waals surface area contributed by atoms with E-state index in [-0.39, 0.29) is 0 Å². The molecule has 21 heavy (non-hydrogen) atoms. The summed E-state index contributed by atoms with van der Waals surface area (Å²) in [6.45, 7) is 8.68. The monoisotopic (exact) mass is 292 g/mol. The van der Waals surface area contributed by atoms with Gasteiger partial charge in [0.1, 0.15) is 18.4 Å². The van der Waals surface area contributed by atoms with Gasteiger partial charge in [0, 0.05) is 25.4 Å². The zero-order chi connectivity index (χ0) is 15.2. The van der Waals surface area contributed by atoms with Crippen LogP contribution in [0.2, 0.25) is 0 Å². The fourth-order valence-corrected chi connectivity index (χ4v) is 3.40. The van der Waals surface area contributed by atoms with Crippen molar-refractivity contribution in [2.75, 3.05) is 6.54 Å². The standard InChI is InChI=1S/C17H30N3O/c1-4-9-18-11-12-19(14-18)15(5-2)13-16(6-3)20-10-7-8-17(20)21/h11-12,14-16H,4-10,13H2,1-3H3/q+1. The summed E-state index contributed by atoms with van der Waals surface area (Å²) in [4.78, 5) is 14.1. The summed E-state index contributed by atoms with van der Waals surface area (Å²) in [6, 6.07) is 0.883. The molecule has 4 nitrogen and oxygen atoms in total. The lowest BCUT2D eigenvalue weighted by Gasteiger charge is -2.29. The number of amides is 1. The predicted octanol–water partition coefficient (Wildman–Crippen LogP) is 2.93. The molecule has 1 aliphatic heterocycles. The van der Waals surface area contributed by atoms with E-state index in [1.165, 1.54) is 0 Å². The third-order valence-electron chi connectivity index (χ3n) is 4.65. The first kappa shape index (κ1) is 16.1. The Hall–Kier alpha value is -1.32. The summed E-state index contributed by atoms with van der Waals surface area (Å²) in [5, 5.41) is 0. The third kappa shape index (κ3) is 3.86. The van der Waals surface area contributed by atoms with Crippen LogP contribution in [0.4, 0.5) is 0 Å². The van der Waals surface area contributed by atoms with Crippen LogP contribution in [0.25, 0.3) is 0 Å². The van der Waals surface area contributed by atoms with Crippen LogP contribution in [-0.2, 0) is 11.3 Å². The molecule has 0 bridgehead atoms. The van der Waals surface area contributed by atoms with Gasteiger partial charge in [-0.3, -0.25) is 4.79 Å². The van der Waals surface area contributed by atoms with E-state index in [1.807, 2.05) is 0 Å². The van der Waals surface area contributed by atoms with Crippen LogP contribution in [0.15, 0.2) is 18.7 Å². The molecular formula is C17H30N3O+. The molecule has 0 radical (unpaired) electrons. The van der Waals surface area contributed by atoms with Crippen molar-refractivity contribution in [2.24, 2.45) is 0 Å². The van der Waals surface area contributed by atoms with Gasteiger partial charge in [0.15, 0.2) is 0 Å². The second-order valence-corrected chi connectivity index (χ2v) is 6.15. The molecule has 1 fully saturated rings. The van der Waals surface area contributed by atoms with E-state index in [0.29, 0.717) is 18.0 Å². The van der Waals surface area contributed by atoms with Crippen molar-refractivity contribution in [1.82, 2.24) is 9.47 Å². The van der Waals surface area contributed by atoms with E-state index in [2.05, 4.69) is 53.5 Å². The number of imidazole rings is 1. The largest absolute Gasteiger partial charge is 0.340 e. The summed E-state index contributed by atoms with van der Waals surface area (Å²) >= 11 is 0. The number of hydrogen-bond donors (Lipinski definition) is 0. The molecule has 0 saturated carbocycles. The summed E-state index contributed by atoms with van der Waals surface area (Å²) in [6.07, 6.45) is 12.7. The molecule has 1 aliphatic rings. The lowest BCUT2D eigenvalue weighted by molar-refractivity contribution is -0.696. The molecule has 0 aromatic carbocycles. The molecule has 2 unspecified atom stereocenters. The van der Waals surface area contributed by atoms with E-state index in [1.54, 1.807) is 0 Å². The van der Waals surface area contributed by atoms with E-state index < -0.39 is 0 Å². The van der Waals surface area contributed by atoms with Crippen LogP contribution in [0.1, 0.15) is 65.3 Å². The first-order chi connectivity index (χ1) is 10.2. The molecule has 2 heterocycles. The van der Waals surface area contributed by atoms with Gasteiger partial charge < -0.3 is 4.90 Å². The van der Waals surface area contributed by atoms with Gasteiger partial charge in [-0.05, 0) is 25.7 Å². The van der Waals surface area contributed by atoms with Crippen molar-refractivity contribution in [1.29, 1.82) is 0 Å². The van der Waals surface area contributed by atoms with Crippen molar-refractivity contribution in [3.63, 3.8) is 0 Å². The zero-order valence-corrected chi connectivity index (χ0v) is 13.8. The number of carbonyl (C=O) groups is 1. The highest BCUT2D eigenvalue weighted by molar-refractivity contribution is 5.78. The molecular weight excluding hydrogens is 262 g/mol. The maximum atomic E-state index is 12.0. The van der Waals surface area contributed by atoms with Crippen LogP contribution in [0.3, 0.4) is 0 Å². The Morgan fingerprint density at radius 3 is 2.57 bits per heavy atom. The lowest BCUT2D eigenvalue weighted by atomic mass is 10.0. The number of aryl methyl sites for hydroxylation is 1. The molecule has 2 atom stereocenters. The lowest BCUT2D eigenvalue weighted by Crippen LogP contribution is -2.37. The van der Waals surface area contributed by atoms with Gasteiger partial charge in [0.2, 0.25) is 12.2 Å². The summed E-state index contributed by atoms with van der Waals surface area (Å²) in [5.74, 6) is 0.352. The topological polar surface area (TPSA) is 29.1 Å². The molecule has 4 heteroatoms. The van der Waals surface area contributed by atoms with Gasteiger partial charge in [-0.1, -0.05) is 20.8 Å². The van der Waals surface area contributed by atoms with Crippen molar-refractivity contribution in [2.45, 2.75) is 77.9 Å². The fourth-order valence-electron chi connectivity index (χ4n) is 3.40. The maximum absolute atomic E-state index is 12.0. The minimum absolute atomic E-state index is 0.352. The molecule has 1 aromatic heterocycles. The van der Waals surface area contributed by atoms with Crippen molar-refractivity contribution in [3.8, 4) is 0 Å². The van der Waals surface area contributed by atoms with Gasteiger partial charge in [-0.2, -0.15) is 0 Å². The zero-order valence-electron chi connectivity index (χ0n) is 13.8. The van der Waals surface area contributed by atoms with Crippen molar-refractivity contribution >= 4 is 5.91 Å². The molecule has 1 amide bonds. The average Bonchev–Trinajstić information content (AvgIpc) is 3.11. The number of hydrogen-bond acceptors (Lipinski definition) is 1. The highest BCUT2D eigenvalue weighted by Crippen LogP contribution is 2.25. The van der Waals surface area contributed by atoms with Gasteiger partial charge in [-0.15, -0.1) is 0 Å². The number of carbonyl (C=O) groups excluding carboxylic acids is 1. The van der Waals surface area contributed by atoms with Gasteiger partial charge >= 0.3 is 0 Å². The minimum atomic E-state index is 0.352. The molecule has 0 spiro atoms. The smallest absolute Gasteiger partial charge is 0.243 e. The van der Waals surface area contributed by atoms with Crippen LogP contribution in [0, 0.1) is 0 Å².